The van der Waals surface area contributed by atoms with Crippen LogP contribution in [0.15, 0.2) is 0 Å². The summed E-state index contributed by atoms with van der Waals surface area (Å²) in [5, 5.41) is 0. The van der Waals surface area contributed by atoms with E-state index in [0.717, 1.165) is 0 Å². The molecule has 7 nitrogen and oxygen atoms in total. The van der Waals surface area contributed by atoms with Crippen LogP contribution in [0.2, 0.25) is 0 Å². The highest BCUT2D eigenvalue weighted by atomic mass is 16.8. The zero-order chi connectivity index (χ0) is 21.1. The number of fused-ring (bicyclic) bond motifs is 3. The molecule has 162 valence electrons. The number of ether oxygens (including phenoxy) is 6. The Morgan fingerprint density at radius 1 is 0.893 bits per heavy atom. The zero-order valence-electron chi connectivity index (χ0n) is 18.6. The second kappa shape index (κ2) is 7.20. The molecule has 7 heteroatoms. The van der Waals surface area contributed by atoms with Crippen molar-refractivity contribution in [1.82, 2.24) is 0 Å². The Morgan fingerprint density at radius 3 is 2.07 bits per heavy atom. The maximum atomic E-state index is 12.2. The Morgan fingerprint density at radius 2 is 1.50 bits per heavy atom. The van der Waals surface area contributed by atoms with Crippen molar-refractivity contribution in [3.8, 4) is 0 Å². The van der Waals surface area contributed by atoms with Crippen LogP contribution in [-0.4, -0.2) is 55.4 Å². The van der Waals surface area contributed by atoms with Gasteiger partial charge in [-0.3, -0.25) is 4.79 Å². The third-order valence-electron chi connectivity index (χ3n) is 6.17. The molecule has 3 heterocycles. The molecular formula is C21H36O7. The van der Waals surface area contributed by atoms with Gasteiger partial charge in [-0.2, -0.15) is 0 Å². The Hall–Kier alpha value is -0.730. The summed E-state index contributed by atoms with van der Waals surface area (Å²) in [6.45, 7) is 18.1. The van der Waals surface area contributed by atoms with E-state index in [-0.39, 0.29) is 41.9 Å². The molecule has 0 aliphatic carbocycles. The number of hydrogen-bond acceptors (Lipinski definition) is 7. The van der Waals surface area contributed by atoms with E-state index in [4.69, 9.17) is 28.4 Å². The van der Waals surface area contributed by atoms with E-state index in [0.29, 0.717) is 6.61 Å². The molecule has 6 atom stereocenters. The first-order chi connectivity index (χ1) is 12.7. The van der Waals surface area contributed by atoms with Crippen molar-refractivity contribution in [2.45, 2.75) is 105 Å². The van der Waals surface area contributed by atoms with E-state index >= 15 is 0 Å². The summed E-state index contributed by atoms with van der Waals surface area (Å²) in [7, 11) is 0. The van der Waals surface area contributed by atoms with Gasteiger partial charge < -0.3 is 28.4 Å². The van der Waals surface area contributed by atoms with Gasteiger partial charge in [0.05, 0.1) is 17.9 Å². The Kier molecular flexibility index (Phi) is 5.65. The summed E-state index contributed by atoms with van der Waals surface area (Å²) in [5.74, 6) is -0.442. The van der Waals surface area contributed by atoms with E-state index in [1.165, 1.54) is 0 Å². The molecule has 0 saturated carbocycles. The van der Waals surface area contributed by atoms with E-state index < -0.39 is 23.6 Å². The largest absolute Gasteiger partial charge is 0.459 e. The maximum absolute atomic E-state index is 12.2. The smallest absolute Gasteiger partial charge is 0.308 e. The lowest BCUT2D eigenvalue weighted by Gasteiger charge is -2.44. The second-order valence-electron chi connectivity index (χ2n) is 10.6. The van der Waals surface area contributed by atoms with Crippen LogP contribution < -0.4 is 0 Å². The highest BCUT2D eigenvalue weighted by molar-refractivity contribution is 5.72. The van der Waals surface area contributed by atoms with Gasteiger partial charge in [-0.15, -0.1) is 0 Å². The van der Waals surface area contributed by atoms with Crippen molar-refractivity contribution in [1.29, 1.82) is 0 Å². The summed E-state index contributed by atoms with van der Waals surface area (Å²) in [6, 6.07) is 0. The molecule has 0 aromatic heterocycles. The number of carbonyl (C=O) groups is 1. The second-order valence-corrected chi connectivity index (χ2v) is 10.6. The molecule has 0 aromatic carbocycles. The van der Waals surface area contributed by atoms with Crippen LogP contribution in [0.4, 0.5) is 0 Å². The average molecular weight is 401 g/mol. The fourth-order valence-corrected chi connectivity index (χ4v) is 3.48. The van der Waals surface area contributed by atoms with Crippen LogP contribution in [-0.2, 0) is 33.2 Å². The molecule has 3 fully saturated rings. The minimum Gasteiger partial charge on any atom is -0.459 e. The molecule has 3 rings (SSSR count). The first kappa shape index (κ1) is 22.0. The van der Waals surface area contributed by atoms with E-state index in [9.17, 15) is 4.79 Å². The van der Waals surface area contributed by atoms with E-state index in [2.05, 4.69) is 20.8 Å². The zero-order valence-corrected chi connectivity index (χ0v) is 18.6. The van der Waals surface area contributed by atoms with Crippen molar-refractivity contribution in [2.24, 2.45) is 16.7 Å². The van der Waals surface area contributed by atoms with Crippen LogP contribution in [0.1, 0.15) is 62.3 Å². The Bertz CT molecular complexity index is 592. The number of rotatable bonds is 4. The Balaban J connectivity index is 1.70. The minimum atomic E-state index is -0.790. The molecule has 3 aliphatic heterocycles. The van der Waals surface area contributed by atoms with Crippen LogP contribution in [0.25, 0.3) is 0 Å². The monoisotopic (exact) mass is 400 g/mol. The minimum absolute atomic E-state index is 0.145. The lowest BCUT2D eigenvalue weighted by Crippen LogP contribution is -2.53. The van der Waals surface area contributed by atoms with Gasteiger partial charge in [0.1, 0.15) is 23.9 Å². The van der Waals surface area contributed by atoms with Crippen molar-refractivity contribution >= 4 is 5.97 Å². The van der Waals surface area contributed by atoms with Gasteiger partial charge in [-0.25, -0.2) is 0 Å². The molecule has 28 heavy (non-hydrogen) atoms. The molecule has 0 aromatic rings. The maximum Gasteiger partial charge on any atom is 0.308 e. The first-order valence-electron chi connectivity index (χ1n) is 10.2. The fourth-order valence-electron chi connectivity index (χ4n) is 3.48. The van der Waals surface area contributed by atoms with Crippen molar-refractivity contribution in [2.75, 3.05) is 6.61 Å². The first-order valence-corrected chi connectivity index (χ1v) is 10.2. The van der Waals surface area contributed by atoms with Gasteiger partial charge in [0.2, 0.25) is 0 Å². The van der Waals surface area contributed by atoms with Gasteiger partial charge in [-0.05, 0) is 13.8 Å². The topological polar surface area (TPSA) is 72.5 Å². The van der Waals surface area contributed by atoms with Crippen LogP contribution in [0.3, 0.4) is 0 Å². The summed E-state index contributed by atoms with van der Waals surface area (Å²) < 4.78 is 36.2. The lowest BCUT2D eigenvalue weighted by atomic mass is 9.76. The molecule has 0 amide bonds. The molecular weight excluding hydrogens is 364 g/mol. The van der Waals surface area contributed by atoms with Gasteiger partial charge in [-0.1, -0.05) is 48.5 Å². The summed E-state index contributed by atoms with van der Waals surface area (Å²) >= 11 is 0. The van der Waals surface area contributed by atoms with Gasteiger partial charge in [0, 0.05) is 5.41 Å². The number of carbonyl (C=O) groups excluding carboxylic acids is 1. The molecule has 6 unspecified atom stereocenters. The van der Waals surface area contributed by atoms with Crippen LogP contribution in [0, 0.1) is 16.7 Å². The molecule has 3 saturated heterocycles. The van der Waals surface area contributed by atoms with Crippen molar-refractivity contribution < 1.29 is 33.2 Å². The molecule has 0 radical (unpaired) electrons. The number of esters is 1. The summed E-state index contributed by atoms with van der Waals surface area (Å²) in [6.07, 6.45) is -2.21. The summed E-state index contributed by atoms with van der Waals surface area (Å²) in [5.41, 5.74) is -1.54. The third kappa shape index (κ3) is 3.84. The predicted octanol–water partition coefficient (Wildman–Crippen LogP) is 3.24. The fraction of sp³-hybridized carbons (Fsp3) is 0.952. The highest BCUT2D eigenvalue weighted by Crippen LogP contribution is 2.47. The highest BCUT2D eigenvalue weighted by Gasteiger charge is 2.61. The molecule has 3 aliphatic rings. The van der Waals surface area contributed by atoms with Crippen molar-refractivity contribution in [3.63, 3.8) is 0 Å². The van der Waals surface area contributed by atoms with Crippen LogP contribution >= 0.6 is 0 Å². The van der Waals surface area contributed by atoms with Gasteiger partial charge in [0.15, 0.2) is 18.9 Å². The molecule has 0 spiro atoms. The third-order valence-corrected chi connectivity index (χ3v) is 6.17. The standard InChI is InChI=1S/C21H36O7/c1-11(2)15(22)28-21(8,9)20(6,7)18-26-14-13-12(24-16(14)27-18)10-23-17(25-13)19(3,4)5/h11-14,16-18H,10H2,1-9H3. The van der Waals surface area contributed by atoms with Crippen LogP contribution in [0.5, 0.6) is 0 Å². The lowest BCUT2D eigenvalue weighted by molar-refractivity contribution is -0.305. The number of hydrogen-bond donors (Lipinski definition) is 0. The van der Waals surface area contributed by atoms with Gasteiger partial charge in [0.25, 0.3) is 0 Å². The average Bonchev–Trinajstić information content (AvgIpc) is 3.10. The predicted molar refractivity (Wildman–Crippen MR) is 101 cm³/mol. The van der Waals surface area contributed by atoms with E-state index in [1.807, 2.05) is 41.5 Å². The molecule has 0 bridgehead atoms. The van der Waals surface area contributed by atoms with Crippen molar-refractivity contribution in [3.05, 3.63) is 0 Å². The summed E-state index contributed by atoms with van der Waals surface area (Å²) in [4.78, 5) is 12.2. The quantitative estimate of drug-likeness (QED) is 0.671. The molecule has 0 N–H and O–H groups in total. The Labute approximate surface area is 168 Å². The van der Waals surface area contributed by atoms with E-state index in [1.54, 1.807) is 0 Å². The normalized spacial score (nSPS) is 36.4. The SMILES string of the molecule is CC(C)C(=O)OC(C)(C)C(C)(C)C1OC2OC3COC(C(C)(C)C)OC3C2O1. The van der Waals surface area contributed by atoms with Gasteiger partial charge >= 0.3 is 5.97 Å².